The predicted octanol–water partition coefficient (Wildman–Crippen LogP) is 1.70. The first-order valence-corrected chi connectivity index (χ1v) is 8.67. The third-order valence-corrected chi connectivity index (χ3v) is 4.63. The lowest BCUT2D eigenvalue weighted by Gasteiger charge is -2.32. The maximum Gasteiger partial charge on any atom is 0.251 e. The van der Waals surface area contributed by atoms with Crippen molar-refractivity contribution in [1.82, 2.24) is 15.4 Å². The molecule has 1 fully saturated rings. The molecule has 7 nitrogen and oxygen atoms in total. The molecule has 24 heavy (non-hydrogen) atoms. The molecule has 1 aromatic carbocycles. The summed E-state index contributed by atoms with van der Waals surface area (Å²) < 4.78 is 4.51. The molecular weight excluding hydrogens is 308 g/mol. The molecule has 0 unspecified atom stereocenters. The molecule has 2 heterocycles. The zero-order chi connectivity index (χ0) is 16.9. The molecule has 130 valence electrons. The summed E-state index contributed by atoms with van der Waals surface area (Å²) in [5.74, 6) is 0.515. The summed E-state index contributed by atoms with van der Waals surface area (Å²) in [6.45, 7) is 6.39. The molecule has 0 spiro atoms. The van der Waals surface area contributed by atoms with Gasteiger partial charge in [-0.25, -0.2) is 0 Å². The van der Waals surface area contributed by atoms with Gasteiger partial charge in [-0.05, 0) is 61.7 Å². The van der Waals surface area contributed by atoms with Crippen molar-refractivity contribution in [3.8, 4) is 0 Å². The summed E-state index contributed by atoms with van der Waals surface area (Å²) in [6.07, 6.45) is 4.68. The molecule has 0 bridgehead atoms. The van der Waals surface area contributed by atoms with E-state index in [-0.39, 0.29) is 5.91 Å². The van der Waals surface area contributed by atoms with E-state index in [9.17, 15) is 10.0 Å². The Morgan fingerprint density at radius 3 is 3.25 bits per heavy atom. The third-order valence-electron chi connectivity index (χ3n) is 4.63. The first kappa shape index (κ1) is 16.7. The number of carbonyl (C=O) groups is 1. The molecule has 1 N–H and O–H groups in total. The summed E-state index contributed by atoms with van der Waals surface area (Å²) in [5, 5.41) is 17.9. The van der Waals surface area contributed by atoms with Crippen LogP contribution in [0.3, 0.4) is 0 Å². The van der Waals surface area contributed by atoms with Crippen LogP contribution >= 0.6 is 0 Å². The second-order valence-electron chi connectivity index (χ2n) is 6.49. The number of likely N-dealkylation sites (tertiary alicyclic amines) is 1. The number of piperidine rings is 1. The van der Waals surface area contributed by atoms with Gasteiger partial charge in [-0.1, -0.05) is 6.92 Å². The maximum atomic E-state index is 12.2. The Balaban J connectivity index is 1.49. The van der Waals surface area contributed by atoms with Gasteiger partial charge in [0.05, 0.1) is 0 Å². The van der Waals surface area contributed by atoms with Crippen molar-refractivity contribution in [3.05, 3.63) is 29.0 Å². The van der Waals surface area contributed by atoms with E-state index < -0.39 is 0 Å². The third kappa shape index (κ3) is 3.84. The Hall–Kier alpha value is -2.15. The molecule has 2 aromatic rings. The molecular formula is C17H24N4O3. The summed E-state index contributed by atoms with van der Waals surface area (Å²) in [7, 11) is 0. The minimum atomic E-state index is -0.140. The molecule has 1 aliphatic heterocycles. The second kappa shape index (κ2) is 7.61. The van der Waals surface area contributed by atoms with Crippen LogP contribution in [0.2, 0.25) is 0 Å². The highest BCUT2D eigenvalue weighted by molar-refractivity contribution is 5.96. The van der Waals surface area contributed by atoms with Crippen molar-refractivity contribution in [1.29, 1.82) is 0 Å². The van der Waals surface area contributed by atoms with E-state index in [2.05, 4.69) is 26.9 Å². The number of nitrogens with zero attached hydrogens (tertiary/aromatic N) is 3. The Morgan fingerprint density at radius 2 is 2.42 bits per heavy atom. The standard InChI is InChI=1S/C17H24N4O3/c1-2-9-20-10-3-4-13(12-20)7-8-18-17(22)14-5-6-16-15(11-14)19-24-21(16)23/h5-6,11,13H,2-4,7-10,12H2,1H3,(H,18,22)/t13-/m1/s1. The number of fused-ring (bicyclic) bond motifs is 1. The summed E-state index contributed by atoms with van der Waals surface area (Å²) in [6, 6.07) is 4.75. The minimum absolute atomic E-state index is 0.140. The van der Waals surface area contributed by atoms with E-state index >= 15 is 0 Å². The van der Waals surface area contributed by atoms with Gasteiger partial charge in [-0.2, -0.15) is 0 Å². The molecule has 1 aromatic heterocycles. The molecule has 1 saturated heterocycles. The highest BCUT2D eigenvalue weighted by atomic mass is 16.8. The Morgan fingerprint density at radius 1 is 1.54 bits per heavy atom. The van der Waals surface area contributed by atoms with Gasteiger partial charge in [0, 0.05) is 29.9 Å². The first-order chi connectivity index (χ1) is 11.7. The van der Waals surface area contributed by atoms with Crippen molar-refractivity contribution in [2.45, 2.75) is 32.6 Å². The van der Waals surface area contributed by atoms with E-state index in [0.29, 0.717) is 34.0 Å². The summed E-state index contributed by atoms with van der Waals surface area (Å²) in [4.78, 5) is 15.1. The smallest absolute Gasteiger partial charge is 0.251 e. The second-order valence-corrected chi connectivity index (χ2v) is 6.49. The molecule has 0 aliphatic carbocycles. The van der Waals surface area contributed by atoms with Crippen LogP contribution in [-0.4, -0.2) is 42.1 Å². The Bertz CT molecular complexity index is 698. The number of amides is 1. The Kier molecular flexibility index (Phi) is 5.30. The molecule has 7 heteroatoms. The lowest BCUT2D eigenvalue weighted by atomic mass is 9.94. The minimum Gasteiger partial charge on any atom is -0.359 e. The fraction of sp³-hybridized carbons (Fsp3) is 0.588. The number of carbonyl (C=O) groups excluding carboxylic acids is 1. The van der Waals surface area contributed by atoms with Gasteiger partial charge >= 0.3 is 0 Å². The monoisotopic (exact) mass is 332 g/mol. The fourth-order valence-corrected chi connectivity index (χ4v) is 3.42. The van der Waals surface area contributed by atoms with E-state index in [1.807, 2.05) is 0 Å². The van der Waals surface area contributed by atoms with Crippen LogP contribution in [0, 0.1) is 11.1 Å². The highest BCUT2D eigenvalue weighted by Gasteiger charge is 2.19. The van der Waals surface area contributed by atoms with Crippen LogP contribution in [0.25, 0.3) is 11.0 Å². The number of nitrogens with one attached hydrogen (secondary N) is 1. The summed E-state index contributed by atoms with van der Waals surface area (Å²) >= 11 is 0. The molecule has 0 radical (unpaired) electrons. The number of hydrogen-bond donors (Lipinski definition) is 1. The van der Waals surface area contributed by atoms with E-state index in [1.54, 1.807) is 18.2 Å². The van der Waals surface area contributed by atoms with Gasteiger partial charge < -0.3 is 15.4 Å². The zero-order valence-corrected chi connectivity index (χ0v) is 14.0. The van der Waals surface area contributed by atoms with Crippen molar-refractivity contribution in [2.75, 3.05) is 26.2 Å². The fourth-order valence-electron chi connectivity index (χ4n) is 3.42. The molecule has 1 atom stereocenters. The topological polar surface area (TPSA) is 85.3 Å². The van der Waals surface area contributed by atoms with E-state index in [4.69, 9.17) is 0 Å². The lowest BCUT2D eigenvalue weighted by molar-refractivity contribution is -0.782. The molecule has 1 amide bonds. The van der Waals surface area contributed by atoms with Gasteiger partial charge in [0.2, 0.25) is 11.0 Å². The molecule has 3 rings (SSSR count). The summed E-state index contributed by atoms with van der Waals surface area (Å²) in [5.41, 5.74) is 1.21. The van der Waals surface area contributed by atoms with Gasteiger partial charge in [0.25, 0.3) is 5.91 Å². The zero-order valence-electron chi connectivity index (χ0n) is 14.0. The number of benzene rings is 1. The van der Waals surface area contributed by atoms with E-state index in [0.717, 1.165) is 13.0 Å². The van der Waals surface area contributed by atoms with Crippen LogP contribution in [0.15, 0.2) is 22.8 Å². The SMILES string of the molecule is CCCN1CCC[C@H](CCNC(=O)c2ccc3c(c2)no[n+]3[O-])C1. The molecule has 1 aliphatic rings. The average molecular weight is 332 g/mol. The van der Waals surface area contributed by atoms with Gasteiger partial charge in [-0.15, -0.1) is 0 Å². The molecule has 0 saturated carbocycles. The predicted molar refractivity (Wildman–Crippen MR) is 89.4 cm³/mol. The van der Waals surface area contributed by atoms with Gasteiger partial charge in [-0.3, -0.25) is 9.42 Å². The van der Waals surface area contributed by atoms with Crippen LogP contribution in [-0.2, 0) is 0 Å². The highest BCUT2D eigenvalue weighted by Crippen LogP contribution is 2.19. The van der Waals surface area contributed by atoms with Crippen molar-refractivity contribution < 1.29 is 14.3 Å². The van der Waals surface area contributed by atoms with Gasteiger partial charge in [0.15, 0.2) is 0 Å². The van der Waals surface area contributed by atoms with Crippen LogP contribution in [0.1, 0.15) is 43.0 Å². The van der Waals surface area contributed by atoms with E-state index in [1.165, 1.54) is 32.4 Å². The quantitative estimate of drug-likeness (QED) is 0.814. The largest absolute Gasteiger partial charge is 0.359 e. The Labute approximate surface area is 141 Å². The number of hydrogen-bond acceptors (Lipinski definition) is 5. The van der Waals surface area contributed by atoms with Crippen molar-refractivity contribution in [2.24, 2.45) is 5.92 Å². The number of aromatic nitrogens is 2. The first-order valence-electron chi connectivity index (χ1n) is 8.67. The average Bonchev–Trinajstić information content (AvgIpc) is 2.96. The normalized spacial score (nSPS) is 18.8. The van der Waals surface area contributed by atoms with Crippen LogP contribution < -0.4 is 10.2 Å². The van der Waals surface area contributed by atoms with Gasteiger partial charge in [0.1, 0.15) is 0 Å². The maximum absolute atomic E-state index is 12.2. The lowest BCUT2D eigenvalue weighted by Crippen LogP contribution is -2.37. The van der Waals surface area contributed by atoms with Crippen LogP contribution in [0.5, 0.6) is 0 Å². The number of rotatable bonds is 6. The van der Waals surface area contributed by atoms with Crippen molar-refractivity contribution in [3.63, 3.8) is 0 Å². The van der Waals surface area contributed by atoms with Crippen LogP contribution in [0.4, 0.5) is 0 Å². The van der Waals surface area contributed by atoms with Crippen molar-refractivity contribution >= 4 is 16.9 Å².